The molecule has 1 fully saturated rings. The van der Waals surface area contributed by atoms with E-state index in [9.17, 15) is 30.3 Å². The zero-order valence-electron chi connectivity index (χ0n) is 40.6. The molecule has 0 aromatic heterocycles. The predicted molar refractivity (Wildman–Crippen MR) is 276 cm³/mol. The Hall–Kier alpha value is -3.93. The van der Waals surface area contributed by atoms with Crippen LogP contribution >= 0.6 is 0 Å². The number of aliphatic hydroxyl groups is 5. The predicted octanol–water partition coefficient (Wildman–Crippen LogP) is 11.6. The van der Waals surface area contributed by atoms with Crippen molar-refractivity contribution in [2.75, 3.05) is 13.2 Å². The summed E-state index contributed by atoms with van der Waals surface area (Å²) in [4.78, 5) is 12.9. The number of rotatable bonds is 39. The molecule has 1 amide bonds. The lowest BCUT2D eigenvalue weighted by atomic mass is 9.99. The molecule has 0 saturated carbocycles. The normalized spacial score (nSPS) is 21.1. The van der Waals surface area contributed by atoms with E-state index in [1.165, 1.54) is 0 Å². The fraction of sp³-hybridized carbons (Fsp3) is 0.561. The minimum Gasteiger partial charge on any atom is -0.394 e. The topological polar surface area (TPSA) is 149 Å². The van der Waals surface area contributed by atoms with Crippen molar-refractivity contribution in [1.29, 1.82) is 0 Å². The van der Waals surface area contributed by atoms with E-state index >= 15 is 0 Å². The molecule has 7 unspecified atom stereocenters. The highest BCUT2D eigenvalue weighted by Crippen LogP contribution is 2.22. The van der Waals surface area contributed by atoms with E-state index in [4.69, 9.17) is 9.47 Å². The number of aliphatic hydroxyl groups excluding tert-OH is 5. The first kappa shape index (κ1) is 60.1. The highest BCUT2D eigenvalue weighted by atomic mass is 16.7. The fourth-order valence-corrected chi connectivity index (χ4v) is 6.71. The quantitative estimate of drug-likeness (QED) is 0.0264. The van der Waals surface area contributed by atoms with Crippen LogP contribution in [-0.4, -0.2) is 87.5 Å². The number of hydrogen-bond acceptors (Lipinski definition) is 8. The lowest BCUT2D eigenvalue weighted by Gasteiger charge is -2.40. The Bertz CT molecular complexity index is 1530. The third-order valence-electron chi connectivity index (χ3n) is 10.6. The van der Waals surface area contributed by atoms with Gasteiger partial charge in [-0.2, -0.15) is 0 Å². The van der Waals surface area contributed by atoms with Gasteiger partial charge in [-0.1, -0.05) is 179 Å². The summed E-state index contributed by atoms with van der Waals surface area (Å²) in [5.74, 6) is -0.221. The van der Waals surface area contributed by atoms with Crippen LogP contribution in [0.4, 0.5) is 0 Å². The van der Waals surface area contributed by atoms with Crippen molar-refractivity contribution in [1.82, 2.24) is 5.32 Å². The highest BCUT2D eigenvalue weighted by Gasteiger charge is 2.44. The Morgan fingerprint density at radius 2 is 0.909 bits per heavy atom. The van der Waals surface area contributed by atoms with E-state index in [-0.39, 0.29) is 12.5 Å². The first-order valence-electron chi connectivity index (χ1n) is 25.1. The minimum atomic E-state index is -1.59. The molecular weight excluding hydrogens is 827 g/mol. The average molecular weight is 916 g/mol. The Labute approximate surface area is 400 Å². The molecule has 1 saturated heterocycles. The molecule has 1 rings (SSSR count). The van der Waals surface area contributed by atoms with Crippen LogP contribution in [0.25, 0.3) is 0 Å². The maximum atomic E-state index is 12.9. The van der Waals surface area contributed by atoms with Gasteiger partial charge in [0.25, 0.3) is 0 Å². The van der Waals surface area contributed by atoms with E-state index in [0.29, 0.717) is 12.8 Å². The second-order valence-corrected chi connectivity index (χ2v) is 16.5. The summed E-state index contributed by atoms with van der Waals surface area (Å²) in [5.41, 5.74) is 0. The molecule has 7 atom stereocenters. The summed E-state index contributed by atoms with van der Waals surface area (Å²) < 4.78 is 11.2. The van der Waals surface area contributed by atoms with Crippen LogP contribution < -0.4 is 5.32 Å². The molecule has 0 bridgehead atoms. The number of nitrogens with one attached hydrogen (secondary N) is 1. The van der Waals surface area contributed by atoms with Crippen LogP contribution in [0, 0.1) is 0 Å². The van der Waals surface area contributed by atoms with E-state index in [1.54, 1.807) is 6.08 Å². The van der Waals surface area contributed by atoms with Gasteiger partial charge in [0.1, 0.15) is 24.4 Å². The molecule has 0 radical (unpaired) electrons. The van der Waals surface area contributed by atoms with Crippen LogP contribution in [0.5, 0.6) is 0 Å². The molecule has 66 heavy (non-hydrogen) atoms. The van der Waals surface area contributed by atoms with Gasteiger partial charge in [0.2, 0.25) is 5.91 Å². The number of amides is 1. The Morgan fingerprint density at radius 3 is 1.39 bits per heavy atom. The number of carbonyl (C=O) groups excluding carboxylic acids is 1. The van der Waals surface area contributed by atoms with Crippen molar-refractivity contribution in [3.05, 3.63) is 146 Å². The molecular formula is C57H89NO8. The SMILES string of the molecule is CC/C=C\C/C=C\C/C=C\C/C=C\C/C=C\C/C=C\C/C=C\C/C=C\C/C=C\CCCCCCCC(=O)NC(COC1OC(CO)C(O)C(O)C1O)C(O)/C=C/CC/C=C/CC/C=C/CC. The molecule has 0 spiro atoms. The Balaban J connectivity index is 2.25. The summed E-state index contributed by atoms with van der Waals surface area (Å²) in [6, 6.07) is -0.848. The molecule has 9 heteroatoms. The second kappa shape index (κ2) is 44.9. The molecule has 370 valence electrons. The Morgan fingerprint density at radius 1 is 0.515 bits per heavy atom. The zero-order chi connectivity index (χ0) is 48.0. The summed E-state index contributed by atoms with van der Waals surface area (Å²) in [6.45, 7) is 3.46. The van der Waals surface area contributed by atoms with Crippen LogP contribution in [-0.2, 0) is 14.3 Å². The van der Waals surface area contributed by atoms with Crippen LogP contribution in [0.3, 0.4) is 0 Å². The average Bonchev–Trinajstić information content (AvgIpc) is 3.32. The molecule has 1 aliphatic rings. The summed E-state index contributed by atoms with van der Waals surface area (Å²) in [5, 5.41) is 54.1. The largest absolute Gasteiger partial charge is 0.394 e. The molecule has 1 aliphatic heterocycles. The van der Waals surface area contributed by atoms with E-state index in [0.717, 1.165) is 122 Å². The third-order valence-corrected chi connectivity index (χ3v) is 10.6. The van der Waals surface area contributed by atoms with Crippen molar-refractivity contribution in [2.24, 2.45) is 0 Å². The smallest absolute Gasteiger partial charge is 0.220 e. The third kappa shape index (κ3) is 34.4. The van der Waals surface area contributed by atoms with Gasteiger partial charge in [-0.3, -0.25) is 4.79 Å². The van der Waals surface area contributed by atoms with Crippen LogP contribution in [0.2, 0.25) is 0 Å². The van der Waals surface area contributed by atoms with Crippen molar-refractivity contribution >= 4 is 5.91 Å². The van der Waals surface area contributed by atoms with Crippen molar-refractivity contribution < 1.29 is 39.8 Å². The number of allylic oxidation sites excluding steroid dienone is 23. The molecule has 1 heterocycles. The van der Waals surface area contributed by atoms with Crippen molar-refractivity contribution in [2.45, 2.75) is 192 Å². The first-order chi connectivity index (χ1) is 32.3. The second-order valence-electron chi connectivity index (χ2n) is 16.5. The standard InChI is InChI=1S/C57H89NO8/c1-3-5-7-9-11-13-15-16-17-18-19-20-21-22-23-24-25-26-27-28-29-30-31-32-33-34-35-36-37-39-41-43-45-47-53(61)58-50(49-65-57-56(64)55(63)54(62)52(48-59)66-57)51(60)46-44-42-40-38-14-12-10-8-6-4-2/h5-8,11,13-14,16-17,19-20,22-23,25-26,28-29,31-32,34-35,38,44,46,50-52,54-57,59-60,62-64H,3-4,9-10,12,15,18,21,24,27,30,33,36-37,39-43,45,47-49H2,1-2H3,(H,58,61)/b7-5-,8-6+,13-11-,17-16-,20-19-,23-22-,26-25-,29-28-,32-31-,35-34-,38-14+,46-44+. The van der Waals surface area contributed by atoms with E-state index in [2.05, 4.69) is 153 Å². The first-order valence-corrected chi connectivity index (χ1v) is 25.1. The minimum absolute atomic E-state index is 0.221. The van der Waals surface area contributed by atoms with Gasteiger partial charge in [-0.15, -0.1) is 0 Å². The Kier molecular flexibility index (Phi) is 40.9. The number of ether oxygens (including phenoxy) is 2. The number of carbonyl (C=O) groups is 1. The number of hydrogen-bond donors (Lipinski definition) is 6. The molecule has 6 N–H and O–H groups in total. The maximum absolute atomic E-state index is 12.9. The summed E-state index contributed by atoms with van der Waals surface area (Å²) in [7, 11) is 0. The fourth-order valence-electron chi connectivity index (χ4n) is 6.71. The zero-order valence-corrected chi connectivity index (χ0v) is 40.6. The maximum Gasteiger partial charge on any atom is 0.220 e. The monoisotopic (exact) mass is 916 g/mol. The van der Waals surface area contributed by atoms with Gasteiger partial charge in [-0.25, -0.2) is 0 Å². The number of unbranched alkanes of at least 4 members (excludes halogenated alkanes) is 7. The highest BCUT2D eigenvalue weighted by molar-refractivity contribution is 5.76. The summed E-state index contributed by atoms with van der Waals surface area (Å²) >= 11 is 0. The van der Waals surface area contributed by atoms with Gasteiger partial charge >= 0.3 is 0 Å². The van der Waals surface area contributed by atoms with Gasteiger partial charge in [0.05, 0.1) is 25.4 Å². The van der Waals surface area contributed by atoms with Gasteiger partial charge in [0, 0.05) is 6.42 Å². The van der Waals surface area contributed by atoms with Crippen molar-refractivity contribution in [3.63, 3.8) is 0 Å². The summed E-state index contributed by atoms with van der Waals surface area (Å²) in [6.07, 6.45) is 63.4. The lowest BCUT2D eigenvalue weighted by Crippen LogP contribution is -2.60. The van der Waals surface area contributed by atoms with Crippen LogP contribution in [0.15, 0.2) is 146 Å². The molecule has 0 aromatic carbocycles. The van der Waals surface area contributed by atoms with Gasteiger partial charge < -0.3 is 40.3 Å². The van der Waals surface area contributed by atoms with Crippen LogP contribution in [0.1, 0.15) is 149 Å². The van der Waals surface area contributed by atoms with E-state index < -0.39 is 49.5 Å². The van der Waals surface area contributed by atoms with Gasteiger partial charge in [0.15, 0.2) is 6.29 Å². The van der Waals surface area contributed by atoms with Gasteiger partial charge in [-0.05, 0) is 109 Å². The molecule has 0 aromatic rings. The molecule has 0 aliphatic carbocycles. The van der Waals surface area contributed by atoms with E-state index in [1.807, 2.05) is 6.08 Å². The van der Waals surface area contributed by atoms with Crippen molar-refractivity contribution in [3.8, 4) is 0 Å². The lowest BCUT2D eigenvalue weighted by molar-refractivity contribution is -0.302. The molecule has 9 nitrogen and oxygen atoms in total.